The van der Waals surface area contributed by atoms with E-state index in [1.807, 2.05) is 32.0 Å². The molecule has 0 spiro atoms. The number of aliphatic hydroxyl groups is 1. The number of aromatic hydroxyl groups is 1. The monoisotopic (exact) mass is 222 g/mol. The van der Waals surface area contributed by atoms with Crippen molar-refractivity contribution in [2.24, 2.45) is 0 Å². The van der Waals surface area contributed by atoms with Gasteiger partial charge in [0.1, 0.15) is 5.75 Å². The largest absolute Gasteiger partial charge is 0.507 e. The van der Waals surface area contributed by atoms with E-state index < -0.39 is 5.41 Å². The van der Waals surface area contributed by atoms with Gasteiger partial charge in [0, 0.05) is 11.0 Å². The van der Waals surface area contributed by atoms with Gasteiger partial charge in [0.05, 0.1) is 6.61 Å². The fourth-order valence-electron chi connectivity index (χ4n) is 1.78. The van der Waals surface area contributed by atoms with Crippen LogP contribution in [0, 0.1) is 0 Å². The van der Waals surface area contributed by atoms with Crippen molar-refractivity contribution in [2.45, 2.75) is 45.4 Å². The van der Waals surface area contributed by atoms with Gasteiger partial charge in [0.15, 0.2) is 0 Å². The number of hydrogen-bond donors (Lipinski definition) is 2. The first kappa shape index (κ1) is 13.0. The molecule has 2 heteroatoms. The number of rotatable bonds is 2. The van der Waals surface area contributed by atoms with Crippen molar-refractivity contribution in [1.29, 1.82) is 0 Å². The Morgan fingerprint density at radius 2 is 1.50 bits per heavy atom. The van der Waals surface area contributed by atoms with Crippen molar-refractivity contribution < 1.29 is 10.2 Å². The van der Waals surface area contributed by atoms with Gasteiger partial charge in [-0.1, -0.05) is 52.8 Å². The van der Waals surface area contributed by atoms with Crippen LogP contribution in [0.3, 0.4) is 0 Å². The number of phenols is 1. The fourth-order valence-corrected chi connectivity index (χ4v) is 1.78. The second-order valence-electron chi connectivity index (χ2n) is 5.99. The Balaban J connectivity index is 3.36. The van der Waals surface area contributed by atoms with Crippen molar-refractivity contribution in [3.05, 3.63) is 29.3 Å². The fraction of sp³-hybridized carbons (Fsp3) is 0.571. The molecule has 1 rings (SSSR count). The summed E-state index contributed by atoms with van der Waals surface area (Å²) in [4.78, 5) is 0. The topological polar surface area (TPSA) is 40.5 Å². The van der Waals surface area contributed by atoms with Gasteiger partial charge in [-0.25, -0.2) is 0 Å². The lowest BCUT2D eigenvalue weighted by Crippen LogP contribution is -2.23. The molecule has 90 valence electrons. The van der Waals surface area contributed by atoms with Crippen LogP contribution in [0.5, 0.6) is 5.75 Å². The van der Waals surface area contributed by atoms with Gasteiger partial charge < -0.3 is 10.2 Å². The average Bonchev–Trinajstić information content (AvgIpc) is 2.16. The van der Waals surface area contributed by atoms with Crippen molar-refractivity contribution in [1.82, 2.24) is 0 Å². The number of phenolic OH excluding ortho intramolecular Hbond substituents is 1. The summed E-state index contributed by atoms with van der Waals surface area (Å²) in [6, 6.07) is 5.75. The van der Waals surface area contributed by atoms with Crippen molar-refractivity contribution in [2.75, 3.05) is 6.61 Å². The first-order chi connectivity index (χ1) is 7.20. The first-order valence-electron chi connectivity index (χ1n) is 5.64. The molecule has 16 heavy (non-hydrogen) atoms. The molecule has 0 saturated heterocycles. The van der Waals surface area contributed by atoms with Crippen molar-refractivity contribution in [3.63, 3.8) is 0 Å². The maximum atomic E-state index is 10.3. The number of aliphatic hydroxyl groups excluding tert-OH is 1. The van der Waals surface area contributed by atoms with Gasteiger partial charge in [0.2, 0.25) is 0 Å². The number of hydrogen-bond acceptors (Lipinski definition) is 2. The molecule has 0 amide bonds. The van der Waals surface area contributed by atoms with E-state index in [9.17, 15) is 10.2 Å². The normalized spacial score (nSPS) is 12.9. The second-order valence-corrected chi connectivity index (χ2v) is 5.99. The Kier molecular flexibility index (Phi) is 3.34. The second kappa shape index (κ2) is 4.10. The number of benzene rings is 1. The Morgan fingerprint density at radius 3 is 1.94 bits per heavy atom. The molecule has 0 aliphatic heterocycles. The molecule has 0 fully saturated rings. The van der Waals surface area contributed by atoms with Gasteiger partial charge in [-0.3, -0.25) is 0 Å². The van der Waals surface area contributed by atoms with Gasteiger partial charge >= 0.3 is 0 Å². The standard InChI is InChI=1S/C14H22O2/c1-13(2,3)10-7-6-8-11(12(10)16)14(4,5)9-15/h6-8,15-16H,9H2,1-5H3. The molecule has 0 saturated carbocycles. The summed E-state index contributed by atoms with van der Waals surface area (Å²) >= 11 is 0. The lowest BCUT2D eigenvalue weighted by atomic mass is 9.79. The summed E-state index contributed by atoms with van der Waals surface area (Å²) in [5.41, 5.74) is 1.23. The van der Waals surface area contributed by atoms with Crippen LogP contribution in [0.1, 0.15) is 45.7 Å². The Labute approximate surface area is 97.9 Å². The summed E-state index contributed by atoms with van der Waals surface area (Å²) in [6.45, 7) is 10.1. The molecule has 0 radical (unpaired) electrons. The quantitative estimate of drug-likeness (QED) is 0.807. The third-order valence-electron chi connectivity index (χ3n) is 2.97. The highest BCUT2D eigenvalue weighted by molar-refractivity contribution is 5.47. The van der Waals surface area contributed by atoms with E-state index >= 15 is 0 Å². The summed E-state index contributed by atoms with van der Waals surface area (Å²) in [5, 5.41) is 19.6. The predicted octanol–water partition coefficient (Wildman–Crippen LogP) is 2.96. The molecule has 1 aromatic rings. The van der Waals surface area contributed by atoms with E-state index in [1.54, 1.807) is 0 Å². The molecule has 0 aliphatic rings. The maximum absolute atomic E-state index is 10.3. The minimum Gasteiger partial charge on any atom is -0.507 e. The van der Waals surface area contributed by atoms with E-state index in [1.165, 1.54) is 0 Å². The van der Waals surface area contributed by atoms with Gasteiger partial charge in [-0.2, -0.15) is 0 Å². The maximum Gasteiger partial charge on any atom is 0.123 e. The molecule has 2 nitrogen and oxygen atoms in total. The van der Waals surface area contributed by atoms with Crippen LogP contribution in [0.4, 0.5) is 0 Å². The molecular formula is C14H22O2. The van der Waals surface area contributed by atoms with Crippen LogP contribution in [-0.4, -0.2) is 16.8 Å². The van der Waals surface area contributed by atoms with Crippen molar-refractivity contribution >= 4 is 0 Å². The Morgan fingerprint density at radius 1 is 1.00 bits per heavy atom. The van der Waals surface area contributed by atoms with Gasteiger partial charge in [-0.15, -0.1) is 0 Å². The highest BCUT2D eigenvalue weighted by Crippen LogP contribution is 2.38. The van der Waals surface area contributed by atoms with E-state index in [0.717, 1.165) is 11.1 Å². The Bertz CT molecular complexity index is 373. The predicted molar refractivity (Wildman–Crippen MR) is 66.9 cm³/mol. The molecule has 0 heterocycles. The van der Waals surface area contributed by atoms with Crippen LogP contribution in [0.15, 0.2) is 18.2 Å². The zero-order valence-corrected chi connectivity index (χ0v) is 10.8. The van der Waals surface area contributed by atoms with Crippen molar-refractivity contribution in [3.8, 4) is 5.75 Å². The van der Waals surface area contributed by atoms with Crippen LogP contribution in [0.2, 0.25) is 0 Å². The lowest BCUT2D eigenvalue weighted by molar-refractivity contribution is 0.215. The summed E-state index contributed by atoms with van der Waals surface area (Å²) in [7, 11) is 0. The zero-order valence-electron chi connectivity index (χ0n) is 10.8. The zero-order chi connectivity index (χ0) is 12.6. The molecule has 1 aromatic carbocycles. The molecule has 2 N–H and O–H groups in total. The molecule has 0 unspecified atom stereocenters. The van der Waals surface area contributed by atoms with Crippen LogP contribution < -0.4 is 0 Å². The van der Waals surface area contributed by atoms with Crippen LogP contribution >= 0.6 is 0 Å². The first-order valence-corrected chi connectivity index (χ1v) is 5.64. The highest BCUT2D eigenvalue weighted by Gasteiger charge is 2.27. The molecule has 0 bridgehead atoms. The van der Waals surface area contributed by atoms with Gasteiger partial charge in [-0.05, 0) is 11.0 Å². The minimum absolute atomic E-state index is 0.0220. The van der Waals surface area contributed by atoms with E-state index in [0.29, 0.717) is 5.75 Å². The third-order valence-corrected chi connectivity index (χ3v) is 2.97. The number of para-hydroxylation sites is 1. The van der Waals surface area contributed by atoms with Crippen LogP contribution in [0.25, 0.3) is 0 Å². The molecule has 0 atom stereocenters. The average molecular weight is 222 g/mol. The highest BCUT2D eigenvalue weighted by atomic mass is 16.3. The minimum atomic E-state index is -0.411. The Hall–Kier alpha value is -1.02. The lowest BCUT2D eigenvalue weighted by Gasteiger charge is -2.28. The smallest absolute Gasteiger partial charge is 0.123 e. The SMILES string of the molecule is CC(C)(C)c1cccc(C(C)(C)CO)c1O. The van der Waals surface area contributed by atoms with E-state index in [4.69, 9.17) is 0 Å². The summed E-state index contributed by atoms with van der Waals surface area (Å²) < 4.78 is 0. The molecule has 0 aliphatic carbocycles. The van der Waals surface area contributed by atoms with E-state index in [-0.39, 0.29) is 12.0 Å². The molecular weight excluding hydrogens is 200 g/mol. The summed E-state index contributed by atoms with van der Waals surface area (Å²) in [6.07, 6.45) is 0. The summed E-state index contributed by atoms with van der Waals surface area (Å²) in [5.74, 6) is 0.314. The van der Waals surface area contributed by atoms with Crippen LogP contribution in [-0.2, 0) is 10.8 Å². The molecule has 0 aromatic heterocycles. The van der Waals surface area contributed by atoms with E-state index in [2.05, 4.69) is 20.8 Å². The third kappa shape index (κ3) is 2.38. The van der Waals surface area contributed by atoms with Gasteiger partial charge in [0.25, 0.3) is 0 Å².